The fraction of sp³-hybridized carbons (Fsp3) is 0.942. The van der Waals surface area contributed by atoms with E-state index in [2.05, 4.69) is 48.5 Å². The summed E-state index contributed by atoms with van der Waals surface area (Å²) in [6, 6.07) is 0. The molecule has 0 radical (unpaired) electrons. The number of ether oxygens (including phenoxy) is 4. The third-order valence-electron chi connectivity index (χ3n) is 15.9. The van der Waals surface area contributed by atoms with Crippen molar-refractivity contribution in [2.75, 3.05) is 39.6 Å². The average molecular weight is 1300 g/mol. The Morgan fingerprint density at radius 1 is 0.307 bits per heavy atom. The van der Waals surface area contributed by atoms with E-state index in [0.29, 0.717) is 37.5 Å². The van der Waals surface area contributed by atoms with Crippen LogP contribution in [-0.2, 0) is 65.4 Å². The van der Waals surface area contributed by atoms with Crippen LogP contribution in [0.2, 0.25) is 0 Å². The Hall–Kier alpha value is -1.94. The molecule has 0 aliphatic heterocycles. The van der Waals surface area contributed by atoms with Crippen molar-refractivity contribution >= 4 is 39.5 Å². The lowest BCUT2D eigenvalue weighted by molar-refractivity contribution is -0.161. The fourth-order valence-electron chi connectivity index (χ4n) is 10.4. The number of carbonyl (C=O) groups is 4. The first-order valence-corrected chi connectivity index (χ1v) is 38.8. The number of rotatable bonds is 67. The van der Waals surface area contributed by atoms with E-state index in [1.807, 2.05) is 0 Å². The lowest BCUT2D eigenvalue weighted by atomic mass is 10.0. The van der Waals surface area contributed by atoms with E-state index in [9.17, 15) is 43.2 Å². The Morgan fingerprint density at radius 3 is 0.773 bits per heavy atom. The van der Waals surface area contributed by atoms with Crippen molar-refractivity contribution in [3.63, 3.8) is 0 Å². The van der Waals surface area contributed by atoms with Crippen molar-refractivity contribution in [1.29, 1.82) is 0 Å². The van der Waals surface area contributed by atoms with Crippen LogP contribution in [0.3, 0.4) is 0 Å². The molecule has 0 heterocycles. The van der Waals surface area contributed by atoms with Crippen molar-refractivity contribution in [1.82, 2.24) is 0 Å². The molecular weight excluding hydrogens is 1160 g/mol. The molecule has 0 aliphatic carbocycles. The minimum Gasteiger partial charge on any atom is -0.462 e. The molecule has 0 aliphatic rings. The van der Waals surface area contributed by atoms with Gasteiger partial charge in [0.05, 0.1) is 26.4 Å². The van der Waals surface area contributed by atoms with Gasteiger partial charge in [0.2, 0.25) is 0 Å². The van der Waals surface area contributed by atoms with E-state index in [4.69, 9.17) is 37.0 Å². The van der Waals surface area contributed by atoms with Gasteiger partial charge < -0.3 is 33.8 Å². The second-order valence-corrected chi connectivity index (χ2v) is 29.3. The van der Waals surface area contributed by atoms with Crippen molar-refractivity contribution in [3.8, 4) is 0 Å². The van der Waals surface area contributed by atoms with Gasteiger partial charge in [-0.3, -0.25) is 37.3 Å². The first-order valence-electron chi connectivity index (χ1n) is 35.8. The first-order chi connectivity index (χ1) is 42.2. The predicted octanol–water partition coefficient (Wildman–Crippen LogP) is 19.5. The van der Waals surface area contributed by atoms with Gasteiger partial charge >= 0.3 is 39.5 Å². The molecule has 0 saturated carbocycles. The van der Waals surface area contributed by atoms with E-state index < -0.39 is 97.5 Å². The molecule has 0 fully saturated rings. The quantitative estimate of drug-likeness (QED) is 0.0222. The number of phosphoric ester groups is 2. The maximum Gasteiger partial charge on any atom is 0.472 e. The molecule has 0 saturated heterocycles. The summed E-state index contributed by atoms with van der Waals surface area (Å²) in [5.41, 5.74) is 0. The van der Waals surface area contributed by atoms with Crippen LogP contribution in [0.5, 0.6) is 0 Å². The highest BCUT2D eigenvalue weighted by Gasteiger charge is 2.30. The lowest BCUT2D eigenvalue weighted by Crippen LogP contribution is -2.30. The van der Waals surface area contributed by atoms with Gasteiger partial charge in [0, 0.05) is 25.7 Å². The largest absolute Gasteiger partial charge is 0.472 e. The zero-order valence-corrected chi connectivity index (χ0v) is 59.0. The summed E-state index contributed by atoms with van der Waals surface area (Å²) in [4.78, 5) is 72.4. The number of aliphatic hydroxyl groups excluding tert-OH is 1. The highest BCUT2D eigenvalue weighted by Crippen LogP contribution is 2.45. The molecule has 88 heavy (non-hydrogen) atoms. The molecule has 0 aromatic heterocycles. The topological polar surface area (TPSA) is 237 Å². The molecule has 3 N–H and O–H groups in total. The molecule has 5 atom stereocenters. The van der Waals surface area contributed by atoms with Crippen LogP contribution in [0.15, 0.2) is 0 Å². The van der Waals surface area contributed by atoms with E-state index in [1.54, 1.807) is 0 Å². The first kappa shape index (κ1) is 86.1. The SMILES string of the molecule is CCCCCCCCCCCCCCCC(=O)OC[C@H](COP(=O)(O)OC[C@@H](O)COP(=O)(O)OC[C@@H](COC(=O)CCCCCCCCC(C)C)OC(=O)CCCCCCCCCC(C)C)OC(=O)CCCCCCCCCCCCCCCC(C)C. The summed E-state index contributed by atoms with van der Waals surface area (Å²) in [5, 5.41) is 10.6. The van der Waals surface area contributed by atoms with Crippen LogP contribution in [0, 0.1) is 17.8 Å². The Morgan fingerprint density at radius 2 is 0.523 bits per heavy atom. The molecule has 17 nitrogen and oxygen atoms in total. The van der Waals surface area contributed by atoms with Crippen LogP contribution >= 0.6 is 15.6 Å². The Bertz CT molecular complexity index is 1730. The smallest absolute Gasteiger partial charge is 0.462 e. The molecule has 0 aromatic carbocycles. The Balaban J connectivity index is 5.23. The number of hydrogen-bond acceptors (Lipinski definition) is 15. The molecule has 0 aromatic rings. The van der Waals surface area contributed by atoms with Gasteiger partial charge in [-0.15, -0.1) is 0 Å². The summed E-state index contributed by atoms with van der Waals surface area (Å²) in [7, 11) is -9.90. The van der Waals surface area contributed by atoms with Crippen molar-refractivity contribution in [2.24, 2.45) is 17.8 Å². The maximum absolute atomic E-state index is 13.0. The standard InChI is InChI=1S/C69H134O17P2/c1-8-9-10-11-12-13-14-16-20-23-28-36-43-50-66(71)79-56-64(85-68(73)52-45-38-29-24-21-18-15-17-19-22-26-33-40-47-60(2)3)58-83-87(75,76)81-54-63(70)55-82-88(77,78)84-59-65(57-80-67(72)51-44-37-32-31-35-42-49-62(6)7)86-69(74)53-46-39-30-25-27-34-41-48-61(4)5/h60-65,70H,8-59H2,1-7H3,(H,75,76)(H,77,78)/t63-,64-,65-/m1/s1. The normalized spacial score (nSPS) is 14.2. The lowest BCUT2D eigenvalue weighted by Gasteiger charge is -2.21. The van der Waals surface area contributed by atoms with Crippen LogP contribution < -0.4 is 0 Å². The van der Waals surface area contributed by atoms with Crippen LogP contribution in [-0.4, -0.2) is 96.7 Å². The molecule has 0 amide bonds. The number of aliphatic hydroxyl groups is 1. The Labute approximate surface area is 537 Å². The second-order valence-electron chi connectivity index (χ2n) is 26.3. The molecule has 0 rings (SSSR count). The minimum atomic E-state index is -4.95. The summed E-state index contributed by atoms with van der Waals surface area (Å²) in [6.45, 7) is 11.7. The van der Waals surface area contributed by atoms with Crippen LogP contribution in [0.25, 0.3) is 0 Å². The number of unbranched alkanes of at least 4 members (excludes halogenated alkanes) is 35. The third kappa shape index (κ3) is 62.8. The molecule has 0 spiro atoms. The minimum absolute atomic E-state index is 0.102. The van der Waals surface area contributed by atoms with Crippen molar-refractivity contribution < 1.29 is 80.2 Å². The van der Waals surface area contributed by atoms with Gasteiger partial charge in [0.25, 0.3) is 0 Å². The number of carbonyl (C=O) groups excluding carboxylic acids is 4. The van der Waals surface area contributed by atoms with Gasteiger partial charge in [-0.1, -0.05) is 292 Å². The summed E-state index contributed by atoms with van der Waals surface area (Å²) >= 11 is 0. The molecule has 0 bridgehead atoms. The molecule has 2 unspecified atom stereocenters. The molecular formula is C69H134O17P2. The summed E-state index contributed by atoms with van der Waals surface area (Å²) < 4.78 is 68.2. The average Bonchev–Trinajstić information content (AvgIpc) is 3.54. The maximum atomic E-state index is 13.0. The number of hydrogen-bond donors (Lipinski definition) is 3. The van der Waals surface area contributed by atoms with E-state index in [-0.39, 0.29) is 25.7 Å². The highest BCUT2D eigenvalue weighted by molar-refractivity contribution is 7.47. The van der Waals surface area contributed by atoms with Gasteiger partial charge in [-0.05, 0) is 43.4 Å². The molecule has 522 valence electrons. The number of esters is 4. The fourth-order valence-corrected chi connectivity index (χ4v) is 11.9. The van der Waals surface area contributed by atoms with Crippen LogP contribution in [0.1, 0.15) is 344 Å². The van der Waals surface area contributed by atoms with E-state index in [0.717, 1.165) is 102 Å². The zero-order chi connectivity index (χ0) is 65.2. The van der Waals surface area contributed by atoms with Gasteiger partial charge in [0.1, 0.15) is 19.3 Å². The monoisotopic (exact) mass is 1300 g/mol. The van der Waals surface area contributed by atoms with Crippen LogP contribution in [0.4, 0.5) is 0 Å². The summed E-state index contributed by atoms with van der Waals surface area (Å²) in [6.07, 6.45) is 43.3. The second kappa shape index (κ2) is 60.0. The van der Waals surface area contributed by atoms with E-state index in [1.165, 1.54) is 148 Å². The van der Waals surface area contributed by atoms with E-state index >= 15 is 0 Å². The molecule has 19 heteroatoms. The van der Waals surface area contributed by atoms with Gasteiger partial charge in [-0.2, -0.15) is 0 Å². The zero-order valence-electron chi connectivity index (χ0n) is 57.2. The summed E-state index contributed by atoms with van der Waals surface area (Å²) in [5.74, 6) is 0.0309. The third-order valence-corrected chi connectivity index (χ3v) is 17.8. The van der Waals surface area contributed by atoms with Gasteiger partial charge in [-0.25, -0.2) is 9.13 Å². The number of phosphoric acid groups is 2. The predicted molar refractivity (Wildman–Crippen MR) is 354 cm³/mol. The van der Waals surface area contributed by atoms with Crippen molar-refractivity contribution in [2.45, 2.75) is 362 Å². The van der Waals surface area contributed by atoms with Crippen molar-refractivity contribution in [3.05, 3.63) is 0 Å². The Kier molecular flexibility index (Phi) is 58.7. The highest BCUT2D eigenvalue weighted by atomic mass is 31.2. The van der Waals surface area contributed by atoms with Gasteiger partial charge in [0.15, 0.2) is 12.2 Å².